The van der Waals surface area contributed by atoms with Crippen molar-refractivity contribution in [2.24, 2.45) is 23.7 Å². The van der Waals surface area contributed by atoms with Gasteiger partial charge in [-0.2, -0.15) is 0 Å². The van der Waals surface area contributed by atoms with E-state index in [0.29, 0.717) is 19.1 Å². The summed E-state index contributed by atoms with van der Waals surface area (Å²) < 4.78 is 5.25. The molecule has 1 amide bonds. The second kappa shape index (κ2) is 6.37. The van der Waals surface area contributed by atoms with Crippen LogP contribution in [0.2, 0.25) is 0 Å². The molecule has 0 radical (unpaired) electrons. The molecule has 5 nitrogen and oxygen atoms in total. The van der Waals surface area contributed by atoms with E-state index in [0.717, 1.165) is 25.7 Å². The van der Waals surface area contributed by atoms with Crippen LogP contribution < -0.4 is 5.32 Å². The van der Waals surface area contributed by atoms with Crippen molar-refractivity contribution in [2.75, 3.05) is 19.8 Å². The number of amides is 1. The van der Waals surface area contributed by atoms with Crippen LogP contribution in [0, 0.1) is 23.7 Å². The minimum absolute atomic E-state index is 0.0245. The van der Waals surface area contributed by atoms with Crippen LogP contribution in [-0.2, 0) is 14.3 Å². The molecule has 1 atom stereocenters. The number of carboxylic acids is 1. The summed E-state index contributed by atoms with van der Waals surface area (Å²) in [6.07, 6.45) is 3.41. The van der Waals surface area contributed by atoms with E-state index in [2.05, 4.69) is 12.2 Å². The minimum atomic E-state index is -0.811. The smallest absolute Gasteiger partial charge is 0.308 e. The number of rotatable bonds is 5. The first-order valence-corrected chi connectivity index (χ1v) is 7.16. The van der Waals surface area contributed by atoms with Crippen molar-refractivity contribution in [1.82, 2.24) is 5.32 Å². The van der Waals surface area contributed by atoms with Crippen LogP contribution in [0.15, 0.2) is 0 Å². The highest BCUT2D eigenvalue weighted by Gasteiger charge is 2.34. The van der Waals surface area contributed by atoms with Crippen molar-refractivity contribution < 1.29 is 19.4 Å². The van der Waals surface area contributed by atoms with Gasteiger partial charge in [0.2, 0.25) is 5.91 Å². The van der Waals surface area contributed by atoms with Gasteiger partial charge in [-0.05, 0) is 37.5 Å². The van der Waals surface area contributed by atoms with Crippen LogP contribution in [0.5, 0.6) is 0 Å². The maximum Gasteiger partial charge on any atom is 0.308 e. The van der Waals surface area contributed by atoms with Crippen molar-refractivity contribution in [3.05, 3.63) is 0 Å². The molecule has 1 aliphatic heterocycles. The number of nitrogens with one attached hydrogen (secondary N) is 1. The molecule has 0 aromatic rings. The summed E-state index contributed by atoms with van der Waals surface area (Å²) in [5.74, 6) is -0.427. The van der Waals surface area contributed by atoms with Gasteiger partial charge >= 0.3 is 5.97 Å². The van der Waals surface area contributed by atoms with Crippen molar-refractivity contribution >= 4 is 11.9 Å². The molecule has 19 heavy (non-hydrogen) atoms. The van der Waals surface area contributed by atoms with Crippen molar-refractivity contribution in [3.63, 3.8) is 0 Å². The molecule has 108 valence electrons. The Labute approximate surface area is 113 Å². The van der Waals surface area contributed by atoms with Crippen molar-refractivity contribution in [3.8, 4) is 0 Å². The third-order valence-corrected chi connectivity index (χ3v) is 4.39. The third-order valence-electron chi connectivity index (χ3n) is 4.39. The Hall–Kier alpha value is -1.10. The summed E-state index contributed by atoms with van der Waals surface area (Å²) in [6.45, 7) is 3.64. The Bertz CT molecular complexity index is 332. The quantitative estimate of drug-likeness (QED) is 0.788. The molecule has 1 aliphatic carbocycles. The maximum atomic E-state index is 11.9. The van der Waals surface area contributed by atoms with Gasteiger partial charge in [0.25, 0.3) is 0 Å². The number of carboxylic acid groups (broad SMARTS) is 1. The number of ether oxygens (including phenoxy) is 1. The average molecular weight is 269 g/mol. The Kier molecular flexibility index (Phi) is 4.80. The van der Waals surface area contributed by atoms with E-state index in [1.165, 1.54) is 0 Å². The molecular weight excluding hydrogens is 246 g/mol. The van der Waals surface area contributed by atoms with Gasteiger partial charge in [0.05, 0.1) is 5.92 Å². The van der Waals surface area contributed by atoms with E-state index in [9.17, 15) is 14.7 Å². The molecular formula is C14H23NO4. The molecule has 0 aromatic heterocycles. The monoisotopic (exact) mass is 269 g/mol. The third kappa shape index (κ3) is 3.69. The molecule has 0 bridgehead atoms. The van der Waals surface area contributed by atoms with Gasteiger partial charge in [-0.25, -0.2) is 0 Å². The summed E-state index contributed by atoms with van der Waals surface area (Å²) in [5.41, 5.74) is 0. The predicted molar refractivity (Wildman–Crippen MR) is 69.6 cm³/mol. The highest BCUT2D eigenvalue weighted by Crippen LogP contribution is 2.33. The first kappa shape index (κ1) is 14.3. The Morgan fingerprint density at radius 3 is 2.47 bits per heavy atom. The van der Waals surface area contributed by atoms with Gasteiger partial charge in [-0.15, -0.1) is 0 Å². The average Bonchev–Trinajstić information content (AvgIpc) is 2.36. The molecule has 1 saturated carbocycles. The van der Waals surface area contributed by atoms with Crippen LogP contribution in [0.1, 0.15) is 32.6 Å². The van der Waals surface area contributed by atoms with E-state index < -0.39 is 11.9 Å². The molecule has 0 spiro atoms. The topological polar surface area (TPSA) is 75.6 Å². The van der Waals surface area contributed by atoms with E-state index in [1.54, 1.807) is 0 Å². The van der Waals surface area contributed by atoms with Gasteiger partial charge < -0.3 is 15.2 Å². The molecule has 1 heterocycles. The fourth-order valence-corrected chi connectivity index (χ4v) is 3.05. The predicted octanol–water partition coefficient (Wildman–Crippen LogP) is 1.28. The zero-order valence-electron chi connectivity index (χ0n) is 11.4. The van der Waals surface area contributed by atoms with Crippen LogP contribution in [-0.4, -0.2) is 36.7 Å². The molecule has 2 fully saturated rings. The normalized spacial score (nSPS) is 29.3. The lowest BCUT2D eigenvalue weighted by Crippen LogP contribution is -2.43. The van der Waals surface area contributed by atoms with Crippen LogP contribution in [0.4, 0.5) is 0 Å². The number of carbonyl (C=O) groups is 2. The lowest BCUT2D eigenvalue weighted by molar-refractivity contribution is -0.145. The largest absolute Gasteiger partial charge is 0.481 e. The minimum Gasteiger partial charge on any atom is -0.481 e. The van der Waals surface area contributed by atoms with Gasteiger partial charge in [0, 0.05) is 25.7 Å². The molecule has 1 unspecified atom stereocenters. The van der Waals surface area contributed by atoms with Crippen LogP contribution in [0.25, 0.3) is 0 Å². The number of hydrogen-bond donors (Lipinski definition) is 2. The number of carbonyl (C=O) groups excluding carboxylic acids is 1. The van der Waals surface area contributed by atoms with E-state index >= 15 is 0 Å². The first-order valence-electron chi connectivity index (χ1n) is 7.16. The van der Waals surface area contributed by atoms with Crippen LogP contribution in [0.3, 0.4) is 0 Å². The van der Waals surface area contributed by atoms with Crippen molar-refractivity contribution in [1.29, 1.82) is 0 Å². The highest BCUT2D eigenvalue weighted by molar-refractivity contribution is 5.80. The Balaban J connectivity index is 1.79. The van der Waals surface area contributed by atoms with Gasteiger partial charge in [-0.1, -0.05) is 6.92 Å². The zero-order valence-corrected chi connectivity index (χ0v) is 11.4. The Morgan fingerprint density at radius 2 is 1.95 bits per heavy atom. The zero-order chi connectivity index (χ0) is 13.8. The number of hydrogen-bond acceptors (Lipinski definition) is 3. The van der Waals surface area contributed by atoms with Crippen molar-refractivity contribution in [2.45, 2.75) is 32.6 Å². The van der Waals surface area contributed by atoms with Crippen LogP contribution >= 0.6 is 0 Å². The summed E-state index contributed by atoms with van der Waals surface area (Å²) in [7, 11) is 0. The molecule has 2 rings (SSSR count). The fraction of sp³-hybridized carbons (Fsp3) is 0.857. The lowest BCUT2D eigenvalue weighted by atomic mass is 9.75. The summed E-state index contributed by atoms with van der Waals surface area (Å²) >= 11 is 0. The standard InChI is InChI=1S/C14H23NO4/c1-9-6-11(7-9)13(16)15-8-12(14(17)18)10-2-4-19-5-3-10/h9-12H,2-8H2,1H3,(H,15,16)(H,17,18). The second-order valence-electron chi connectivity index (χ2n) is 5.91. The van der Waals surface area contributed by atoms with E-state index in [4.69, 9.17) is 4.74 Å². The number of aliphatic carboxylic acids is 1. The van der Waals surface area contributed by atoms with Gasteiger partial charge in [0.15, 0.2) is 0 Å². The van der Waals surface area contributed by atoms with E-state index in [-0.39, 0.29) is 24.3 Å². The second-order valence-corrected chi connectivity index (χ2v) is 5.91. The first-order chi connectivity index (χ1) is 9.08. The molecule has 2 N–H and O–H groups in total. The molecule has 1 saturated heterocycles. The van der Waals surface area contributed by atoms with E-state index in [1.807, 2.05) is 0 Å². The molecule has 5 heteroatoms. The van der Waals surface area contributed by atoms with Gasteiger partial charge in [0.1, 0.15) is 0 Å². The highest BCUT2D eigenvalue weighted by atomic mass is 16.5. The maximum absolute atomic E-state index is 11.9. The molecule has 0 aromatic carbocycles. The summed E-state index contributed by atoms with van der Waals surface area (Å²) in [4.78, 5) is 23.2. The summed E-state index contributed by atoms with van der Waals surface area (Å²) in [5, 5.41) is 12.1. The lowest BCUT2D eigenvalue weighted by Gasteiger charge is -2.32. The van der Waals surface area contributed by atoms with Gasteiger partial charge in [-0.3, -0.25) is 9.59 Å². The summed E-state index contributed by atoms with van der Waals surface area (Å²) in [6, 6.07) is 0. The Morgan fingerprint density at radius 1 is 1.32 bits per heavy atom. The fourth-order valence-electron chi connectivity index (χ4n) is 3.05. The SMILES string of the molecule is CC1CC(C(=O)NCC(C(=O)O)C2CCOCC2)C1. The molecule has 2 aliphatic rings.